The van der Waals surface area contributed by atoms with Crippen LogP contribution in [0.15, 0.2) is 18.2 Å². The Labute approximate surface area is 99.4 Å². The lowest BCUT2D eigenvalue weighted by molar-refractivity contribution is -0.137. The van der Waals surface area contributed by atoms with Crippen molar-refractivity contribution in [3.8, 4) is 0 Å². The summed E-state index contributed by atoms with van der Waals surface area (Å²) in [5, 5.41) is 12.3. The van der Waals surface area contributed by atoms with Crippen molar-refractivity contribution in [2.75, 3.05) is 11.9 Å². The highest BCUT2D eigenvalue weighted by Crippen LogP contribution is 2.19. The lowest BCUT2D eigenvalue weighted by atomic mass is 10.1. The zero-order valence-corrected chi connectivity index (χ0v) is 9.79. The number of carboxylic acids is 1. The number of carboxylic acid groups (broad SMARTS) is 1. The molecule has 1 aromatic carbocycles. The van der Waals surface area contributed by atoms with Gasteiger partial charge >= 0.3 is 5.97 Å². The minimum atomic E-state index is -0.892. The van der Waals surface area contributed by atoms with Crippen LogP contribution in [0.5, 0.6) is 0 Å². The standard InChI is InChI=1S/C11H15ClN2O2/c1-7-2-3-8(12)4-10(7)14-6-9(13)5-11(15)16/h2-4,9,14H,5-6,13H2,1H3,(H,15,16). The van der Waals surface area contributed by atoms with Crippen LogP contribution in [0.3, 0.4) is 0 Å². The van der Waals surface area contributed by atoms with Crippen LogP contribution < -0.4 is 11.1 Å². The van der Waals surface area contributed by atoms with Gasteiger partial charge in [0.2, 0.25) is 0 Å². The molecule has 1 aromatic rings. The Balaban J connectivity index is 2.54. The van der Waals surface area contributed by atoms with Gasteiger partial charge in [0.25, 0.3) is 0 Å². The molecule has 0 aliphatic heterocycles. The van der Waals surface area contributed by atoms with Gasteiger partial charge in [-0.1, -0.05) is 17.7 Å². The van der Waals surface area contributed by atoms with Crippen molar-refractivity contribution in [3.63, 3.8) is 0 Å². The number of carbonyl (C=O) groups is 1. The fraction of sp³-hybridized carbons (Fsp3) is 0.364. The third-order valence-electron chi connectivity index (χ3n) is 2.19. The smallest absolute Gasteiger partial charge is 0.304 e. The van der Waals surface area contributed by atoms with E-state index < -0.39 is 12.0 Å². The first kappa shape index (κ1) is 12.8. The Bertz CT molecular complexity index is 382. The van der Waals surface area contributed by atoms with Crippen molar-refractivity contribution in [2.24, 2.45) is 5.73 Å². The predicted molar refractivity (Wildman–Crippen MR) is 64.9 cm³/mol. The van der Waals surface area contributed by atoms with E-state index in [4.69, 9.17) is 22.4 Å². The number of aryl methyl sites for hydroxylation is 1. The van der Waals surface area contributed by atoms with Gasteiger partial charge in [-0.05, 0) is 24.6 Å². The lowest BCUT2D eigenvalue weighted by Crippen LogP contribution is -2.31. The van der Waals surface area contributed by atoms with Gasteiger partial charge in [-0.3, -0.25) is 4.79 Å². The summed E-state index contributed by atoms with van der Waals surface area (Å²) >= 11 is 5.85. The number of benzene rings is 1. The number of nitrogens with one attached hydrogen (secondary N) is 1. The van der Waals surface area contributed by atoms with E-state index in [9.17, 15) is 4.79 Å². The molecular formula is C11H15ClN2O2. The van der Waals surface area contributed by atoms with E-state index >= 15 is 0 Å². The maximum absolute atomic E-state index is 10.4. The molecule has 1 rings (SSSR count). The Hall–Kier alpha value is -1.26. The zero-order chi connectivity index (χ0) is 12.1. The lowest BCUT2D eigenvalue weighted by Gasteiger charge is -2.13. The number of rotatable bonds is 5. The highest BCUT2D eigenvalue weighted by atomic mass is 35.5. The van der Waals surface area contributed by atoms with E-state index in [0.717, 1.165) is 11.3 Å². The average molecular weight is 243 g/mol. The van der Waals surface area contributed by atoms with Crippen LogP contribution in [-0.4, -0.2) is 23.7 Å². The molecule has 1 atom stereocenters. The molecule has 88 valence electrons. The molecule has 1 unspecified atom stereocenters. The summed E-state index contributed by atoms with van der Waals surface area (Å²) in [6.45, 7) is 2.36. The molecular weight excluding hydrogens is 228 g/mol. The Morgan fingerprint density at radius 1 is 1.62 bits per heavy atom. The van der Waals surface area contributed by atoms with Crippen molar-refractivity contribution in [1.29, 1.82) is 0 Å². The van der Waals surface area contributed by atoms with Crippen LogP contribution in [0.25, 0.3) is 0 Å². The molecule has 4 N–H and O–H groups in total. The first-order valence-corrected chi connectivity index (χ1v) is 5.34. The second-order valence-electron chi connectivity index (χ2n) is 3.70. The van der Waals surface area contributed by atoms with E-state index in [2.05, 4.69) is 5.32 Å². The monoisotopic (exact) mass is 242 g/mol. The highest BCUT2D eigenvalue weighted by molar-refractivity contribution is 6.30. The van der Waals surface area contributed by atoms with Crippen LogP contribution in [0, 0.1) is 6.92 Å². The minimum absolute atomic E-state index is 0.0490. The van der Waals surface area contributed by atoms with Gasteiger partial charge in [0.15, 0.2) is 0 Å². The Morgan fingerprint density at radius 2 is 2.31 bits per heavy atom. The van der Waals surface area contributed by atoms with E-state index in [1.165, 1.54) is 0 Å². The molecule has 0 spiro atoms. The topological polar surface area (TPSA) is 75.3 Å². The van der Waals surface area contributed by atoms with Gasteiger partial charge in [0.05, 0.1) is 6.42 Å². The summed E-state index contributed by atoms with van der Waals surface area (Å²) in [6.07, 6.45) is -0.0490. The quantitative estimate of drug-likeness (QED) is 0.737. The Kier molecular flexibility index (Phi) is 4.58. The fourth-order valence-electron chi connectivity index (χ4n) is 1.32. The summed E-state index contributed by atoms with van der Waals surface area (Å²) in [5.41, 5.74) is 7.57. The van der Waals surface area contributed by atoms with Crippen LogP contribution in [0.1, 0.15) is 12.0 Å². The summed E-state index contributed by atoms with van der Waals surface area (Å²) in [6, 6.07) is 5.09. The molecule has 0 radical (unpaired) electrons. The van der Waals surface area contributed by atoms with Crippen LogP contribution in [-0.2, 0) is 4.79 Å². The second-order valence-corrected chi connectivity index (χ2v) is 4.13. The van der Waals surface area contributed by atoms with Crippen molar-refractivity contribution in [1.82, 2.24) is 0 Å². The Morgan fingerprint density at radius 3 is 2.94 bits per heavy atom. The summed E-state index contributed by atoms with van der Waals surface area (Å²) in [4.78, 5) is 10.4. The van der Waals surface area contributed by atoms with Gasteiger partial charge < -0.3 is 16.2 Å². The largest absolute Gasteiger partial charge is 0.481 e. The van der Waals surface area contributed by atoms with Crippen molar-refractivity contribution in [3.05, 3.63) is 28.8 Å². The van der Waals surface area contributed by atoms with Crippen LogP contribution in [0.2, 0.25) is 5.02 Å². The number of halogens is 1. The first-order chi connectivity index (χ1) is 7.49. The molecule has 0 aliphatic rings. The van der Waals surface area contributed by atoms with E-state index in [-0.39, 0.29) is 6.42 Å². The van der Waals surface area contributed by atoms with E-state index in [1.54, 1.807) is 12.1 Å². The molecule has 0 saturated carbocycles. The third-order valence-corrected chi connectivity index (χ3v) is 2.43. The highest BCUT2D eigenvalue weighted by Gasteiger charge is 2.08. The molecule has 0 bridgehead atoms. The maximum Gasteiger partial charge on any atom is 0.304 e. The van der Waals surface area contributed by atoms with Crippen molar-refractivity contribution < 1.29 is 9.90 Å². The van der Waals surface area contributed by atoms with Crippen molar-refractivity contribution >= 4 is 23.3 Å². The molecule has 4 nitrogen and oxygen atoms in total. The number of hydrogen-bond donors (Lipinski definition) is 3. The molecule has 16 heavy (non-hydrogen) atoms. The number of nitrogens with two attached hydrogens (primary N) is 1. The normalized spacial score (nSPS) is 12.2. The van der Waals surface area contributed by atoms with E-state index in [1.807, 2.05) is 13.0 Å². The summed E-state index contributed by atoms with van der Waals surface area (Å²) in [7, 11) is 0. The van der Waals surface area contributed by atoms with Crippen LogP contribution >= 0.6 is 11.6 Å². The van der Waals surface area contributed by atoms with Gasteiger partial charge in [0, 0.05) is 23.3 Å². The number of anilines is 1. The SMILES string of the molecule is Cc1ccc(Cl)cc1NCC(N)CC(=O)O. The molecule has 0 saturated heterocycles. The summed E-state index contributed by atoms with van der Waals surface area (Å²) in [5.74, 6) is -0.892. The molecule has 0 fully saturated rings. The first-order valence-electron chi connectivity index (χ1n) is 4.96. The second kappa shape index (κ2) is 5.72. The predicted octanol–water partition coefficient (Wildman–Crippen LogP) is 1.86. The zero-order valence-electron chi connectivity index (χ0n) is 9.03. The van der Waals surface area contributed by atoms with Crippen LogP contribution in [0.4, 0.5) is 5.69 Å². The summed E-state index contributed by atoms with van der Waals surface area (Å²) < 4.78 is 0. The minimum Gasteiger partial charge on any atom is -0.481 e. The molecule has 0 amide bonds. The number of aliphatic carboxylic acids is 1. The van der Waals surface area contributed by atoms with Gasteiger partial charge in [-0.2, -0.15) is 0 Å². The molecule has 0 heterocycles. The van der Waals surface area contributed by atoms with Gasteiger partial charge in [-0.25, -0.2) is 0 Å². The fourth-order valence-corrected chi connectivity index (χ4v) is 1.49. The molecule has 5 heteroatoms. The van der Waals surface area contributed by atoms with Crippen molar-refractivity contribution in [2.45, 2.75) is 19.4 Å². The van der Waals surface area contributed by atoms with Gasteiger partial charge in [0.1, 0.15) is 0 Å². The average Bonchev–Trinajstić information content (AvgIpc) is 2.18. The van der Waals surface area contributed by atoms with E-state index in [0.29, 0.717) is 11.6 Å². The molecule has 0 aromatic heterocycles. The molecule has 0 aliphatic carbocycles. The third kappa shape index (κ3) is 4.08. The number of hydrogen-bond acceptors (Lipinski definition) is 3. The maximum atomic E-state index is 10.4. The van der Waals surface area contributed by atoms with Gasteiger partial charge in [-0.15, -0.1) is 0 Å².